The Hall–Kier alpha value is -0.560. The molecule has 0 saturated heterocycles. The molecule has 0 bridgehead atoms. The predicted octanol–water partition coefficient (Wildman–Crippen LogP) is 7.55. The lowest BCUT2D eigenvalue weighted by molar-refractivity contribution is -0.0773. The zero-order valence-corrected chi connectivity index (χ0v) is 20.0. The monoisotopic (exact) mass is 398 g/mol. The molecule has 0 radical (unpaired) electrons. The van der Waals surface area contributed by atoms with Crippen molar-refractivity contribution in [3.63, 3.8) is 0 Å². The Morgan fingerprint density at radius 1 is 1.10 bits per heavy atom. The Morgan fingerprint density at radius 3 is 2.52 bits per heavy atom. The van der Waals surface area contributed by atoms with Crippen LogP contribution in [0, 0.1) is 46.3 Å². The standard InChI is InChI=1S/C28H46O/c1-18(2)8-7-9-19(3)22-12-13-24-21-10-11-23-20(4)26(29)15-17-28(23,6)25(21)14-16-27(22,24)5/h8,10,19-20,22-26,29H,7,9,11-17H2,1-6H3/t19-,20+,22-,23?,24+,25+,26?,27-,28+/m1/s1. The van der Waals surface area contributed by atoms with E-state index in [1.165, 1.54) is 56.9 Å². The van der Waals surface area contributed by atoms with Crippen molar-refractivity contribution in [2.75, 3.05) is 0 Å². The van der Waals surface area contributed by atoms with Crippen LogP contribution >= 0.6 is 0 Å². The highest BCUT2D eigenvalue weighted by Gasteiger charge is 2.59. The minimum absolute atomic E-state index is 0.0746. The molecule has 0 aromatic carbocycles. The van der Waals surface area contributed by atoms with Crippen molar-refractivity contribution in [2.45, 2.75) is 105 Å². The topological polar surface area (TPSA) is 20.2 Å². The quantitative estimate of drug-likeness (QED) is 0.484. The Bertz CT molecular complexity index is 670. The lowest BCUT2D eigenvalue weighted by Gasteiger charge is -2.59. The first-order valence-electron chi connectivity index (χ1n) is 12.7. The Labute approximate surface area is 180 Å². The van der Waals surface area contributed by atoms with Crippen molar-refractivity contribution in [1.29, 1.82) is 0 Å². The number of fused-ring (bicyclic) bond motifs is 5. The van der Waals surface area contributed by atoms with Gasteiger partial charge in [-0.25, -0.2) is 0 Å². The van der Waals surface area contributed by atoms with E-state index in [1.807, 2.05) is 5.57 Å². The molecule has 4 rings (SSSR count). The molecule has 4 aliphatic rings. The molecule has 1 heteroatoms. The van der Waals surface area contributed by atoms with Crippen molar-refractivity contribution < 1.29 is 5.11 Å². The summed E-state index contributed by atoms with van der Waals surface area (Å²) in [5, 5.41) is 10.5. The highest BCUT2D eigenvalue weighted by atomic mass is 16.3. The zero-order valence-electron chi connectivity index (χ0n) is 20.0. The molecule has 3 fully saturated rings. The van der Waals surface area contributed by atoms with Gasteiger partial charge in [0.1, 0.15) is 0 Å². The third kappa shape index (κ3) is 3.48. The van der Waals surface area contributed by atoms with Gasteiger partial charge in [0.25, 0.3) is 0 Å². The molecule has 3 saturated carbocycles. The Kier molecular flexibility index (Phi) is 5.86. The maximum atomic E-state index is 10.5. The van der Waals surface area contributed by atoms with Crippen molar-refractivity contribution in [3.8, 4) is 0 Å². The van der Waals surface area contributed by atoms with Crippen LogP contribution in [0.4, 0.5) is 0 Å². The molecule has 0 aromatic rings. The summed E-state index contributed by atoms with van der Waals surface area (Å²) in [6, 6.07) is 0. The van der Waals surface area contributed by atoms with Gasteiger partial charge in [-0.05, 0) is 118 Å². The zero-order chi connectivity index (χ0) is 21.0. The summed E-state index contributed by atoms with van der Waals surface area (Å²) in [6.45, 7) is 14.6. The highest BCUT2D eigenvalue weighted by molar-refractivity contribution is 5.28. The van der Waals surface area contributed by atoms with Gasteiger partial charge < -0.3 is 5.11 Å². The molecule has 9 atom stereocenters. The number of aliphatic hydroxyl groups is 1. The van der Waals surface area contributed by atoms with Crippen LogP contribution in [0.2, 0.25) is 0 Å². The van der Waals surface area contributed by atoms with Gasteiger partial charge in [-0.15, -0.1) is 0 Å². The van der Waals surface area contributed by atoms with Gasteiger partial charge in [0.05, 0.1) is 6.10 Å². The smallest absolute Gasteiger partial charge is 0.0568 e. The maximum Gasteiger partial charge on any atom is 0.0568 e. The molecule has 2 unspecified atom stereocenters. The first-order chi connectivity index (χ1) is 13.7. The summed E-state index contributed by atoms with van der Waals surface area (Å²) in [6.07, 6.45) is 16.8. The van der Waals surface area contributed by atoms with E-state index in [-0.39, 0.29) is 6.10 Å². The van der Waals surface area contributed by atoms with E-state index in [2.05, 4.69) is 53.7 Å². The van der Waals surface area contributed by atoms with E-state index in [9.17, 15) is 5.11 Å². The third-order valence-corrected chi connectivity index (χ3v) is 10.5. The number of rotatable bonds is 4. The average molecular weight is 399 g/mol. The normalized spacial score (nSPS) is 47.5. The van der Waals surface area contributed by atoms with Gasteiger partial charge in [0.2, 0.25) is 0 Å². The molecule has 4 aliphatic carbocycles. The van der Waals surface area contributed by atoms with Gasteiger partial charge in [0, 0.05) is 0 Å². The first kappa shape index (κ1) is 21.7. The number of hydrogen-bond donors (Lipinski definition) is 1. The fraction of sp³-hybridized carbons (Fsp3) is 0.857. The second kappa shape index (κ2) is 7.85. The van der Waals surface area contributed by atoms with Crippen molar-refractivity contribution >= 4 is 0 Å². The molecular formula is C28H46O. The van der Waals surface area contributed by atoms with Crippen LogP contribution in [0.25, 0.3) is 0 Å². The van der Waals surface area contributed by atoms with Crippen LogP contribution in [-0.4, -0.2) is 11.2 Å². The van der Waals surface area contributed by atoms with Crippen LogP contribution in [0.1, 0.15) is 99.3 Å². The largest absolute Gasteiger partial charge is 0.393 e. The van der Waals surface area contributed by atoms with Crippen LogP contribution in [0.15, 0.2) is 23.3 Å². The van der Waals surface area contributed by atoms with E-state index in [1.54, 1.807) is 0 Å². The van der Waals surface area contributed by atoms with Crippen LogP contribution < -0.4 is 0 Å². The fourth-order valence-corrected chi connectivity index (χ4v) is 8.76. The molecule has 1 nitrogen and oxygen atoms in total. The Morgan fingerprint density at radius 2 is 1.79 bits per heavy atom. The molecule has 0 spiro atoms. The summed E-state index contributed by atoms with van der Waals surface area (Å²) in [5.74, 6) is 4.51. The van der Waals surface area contributed by atoms with Crippen molar-refractivity contribution in [1.82, 2.24) is 0 Å². The van der Waals surface area contributed by atoms with Crippen LogP contribution in [0.3, 0.4) is 0 Å². The molecular weight excluding hydrogens is 352 g/mol. The number of aliphatic hydroxyl groups excluding tert-OH is 1. The average Bonchev–Trinajstić information content (AvgIpc) is 3.02. The summed E-state index contributed by atoms with van der Waals surface area (Å²) in [4.78, 5) is 0. The fourth-order valence-electron chi connectivity index (χ4n) is 8.76. The van der Waals surface area contributed by atoms with E-state index in [0.29, 0.717) is 22.7 Å². The van der Waals surface area contributed by atoms with E-state index < -0.39 is 0 Å². The summed E-state index contributed by atoms with van der Waals surface area (Å²) >= 11 is 0. The molecule has 164 valence electrons. The minimum atomic E-state index is -0.0746. The highest BCUT2D eigenvalue weighted by Crippen LogP contribution is 2.67. The molecule has 0 heterocycles. The lowest BCUT2D eigenvalue weighted by Crippen LogP contribution is -2.52. The van der Waals surface area contributed by atoms with Gasteiger partial charge in [-0.1, -0.05) is 51.0 Å². The van der Waals surface area contributed by atoms with Gasteiger partial charge >= 0.3 is 0 Å². The van der Waals surface area contributed by atoms with E-state index >= 15 is 0 Å². The maximum absolute atomic E-state index is 10.5. The van der Waals surface area contributed by atoms with Crippen LogP contribution in [0.5, 0.6) is 0 Å². The summed E-state index contributed by atoms with van der Waals surface area (Å²) in [5.41, 5.74) is 4.28. The van der Waals surface area contributed by atoms with Crippen molar-refractivity contribution in [2.24, 2.45) is 46.3 Å². The van der Waals surface area contributed by atoms with Gasteiger partial charge in [-0.2, -0.15) is 0 Å². The second-order valence-corrected chi connectivity index (χ2v) is 12.2. The van der Waals surface area contributed by atoms with Gasteiger partial charge in [0.15, 0.2) is 0 Å². The molecule has 1 N–H and O–H groups in total. The second-order valence-electron chi connectivity index (χ2n) is 12.2. The van der Waals surface area contributed by atoms with E-state index in [0.717, 1.165) is 30.1 Å². The minimum Gasteiger partial charge on any atom is -0.393 e. The van der Waals surface area contributed by atoms with Gasteiger partial charge in [-0.3, -0.25) is 0 Å². The first-order valence-corrected chi connectivity index (χ1v) is 12.7. The summed E-state index contributed by atoms with van der Waals surface area (Å²) < 4.78 is 0. The molecule has 29 heavy (non-hydrogen) atoms. The predicted molar refractivity (Wildman–Crippen MR) is 124 cm³/mol. The van der Waals surface area contributed by atoms with E-state index in [4.69, 9.17) is 0 Å². The van der Waals surface area contributed by atoms with Crippen LogP contribution in [-0.2, 0) is 0 Å². The molecule has 0 amide bonds. The number of hydrogen-bond acceptors (Lipinski definition) is 1. The summed E-state index contributed by atoms with van der Waals surface area (Å²) in [7, 11) is 0. The lowest BCUT2D eigenvalue weighted by atomic mass is 9.46. The third-order valence-electron chi connectivity index (χ3n) is 10.5. The van der Waals surface area contributed by atoms with Crippen molar-refractivity contribution in [3.05, 3.63) is 23.3 Å². The Balaban J connectivity index is 1.54. The molecule has 0 aromatic heterocycles. The molecule has 0 aliphatic heterocycles. The number of allylic oxidation sites excluding steroid dienone is 4. The SMILES string of the molecule is CC(C)=CCC[C@@H](C)[C@H]1CC[C@H]2C3=CCC4[C@H](C)C(O)CC[C@]4(C)[C@H]3CC[C@]12C.